The minimum absolute atomic E-state index is 0.393. The first-order chi connectivity index (χ1) is 7.92. The van der Waals surface area contributed by atoms with Gasteiger partial charge in [0, 0.05) is 12.1 Å². The molecule has 0 fully saturated rings. The molecular formula is C15H25NO. The highest BCUT2D eigenvalue weighted by molar-refractivity contribution is 5.36. The van der Waals surface area contributed by atoms with Gasteiger partial charge in [-0.3, -0.25) is 0 Å². The predicted molar refractivity (Wildman–Crippen MR) is 73.5 cm³/mol. The van der Waals surface area contributed by atoms with Gasteiger partial charge >= 0.3 is 0 Å². The standard InChI is InChI=1S/C15H25NO/c1-12-6-7-14(17-5)13(10-12)11-16-9-8-15(2,3)4/h6-7,10,16H,8-9,11H2,1-5H3. The Balaban J connectivity index is 2.48. The Labute approximate surface area is 105 Å². The normalized spacial score (nSPS) is 11.6. The van der Waals surface area contributed by atoms with Gasteiger partial charge in [-0.2, -0.15) is 0 Å². The van der Waals surface area contributed by atoms with Crippen molar-refractivity contribution in [2.45, 2.75) is 40.7 Å². The predicted octanol–water partition coefficient (Wildman–Crippen LogP) is 3.53. The first kappa shape index (κ1) is 14.0. The van der Waals surface area contributed by atoms with E-state index in [0.717, 1.165) is 18.8 Å². The van der Waals surface area contributed by atoms with Crippen LogP contribution in [-0.2, 0) is 6.54 Å². The Kier molecular flexibility index (Phi) is 5.01. The number of hydrogen-bond acceptors (Lipinski definition) is 2. The zero-order chi connectivity index (χ0) is 12.9. The van der Waals surface area contributed by atoms with Gasteiger partial charge in [0.05, 0.1) is 7.11 Å². The molecule has 0 bridgehead atoms. The van der Waals surface area contributed by atoms with Gasteiger partial charge in [0.25, 0.3) is 0 Å². The second-order valence-electron chi connectivity index (χ2n) is 5.80. The van der Waals surface area contributed by atoms with Gasteiger partial charge in [-0.1, -0.05) is 38.5 Å². The van der Waals surface area contributed by atoms with Crippen molar-refractivity contribution in [1.29, 1.82) is 0 Å². The number of rotatable bonds is 5. The van der Waals surface area contributed by atoms with Gasteiger partial charge < -0.3 is 10.1 Å². The molecule has 0 heterocycles. The number of hydrogen-bond donors (Lipinski definition) is 1. The Hall–Kier alpha value is -1.02. The van der Waals surface area contributed by atoms with Crippen LogP contribution in [0.1, 0.15) is 38.3 Å². The van der Waals surface area contributed by atoms with Crippen LogP contribution in [0.5, 0.6) is 5.75 Å². The van der Waals surface area contributed by atoms with Crippen LogP contribution in [0, 0.1) is 12.3 Å². The summed E-state index contributed by atoms with van der Waals surface area (Å²) in [4.78, 5) is 0. The van der Waals surface area contributed by atoms with Gasteiger partial charge in [-0.25, -0.2) is 0 Å². The lowest BCUT2D eigenvalue weighted by molar-refractivity contribution is 0.364. The molecule has 96 valence electrons. The third kappa shape index (κ3) is 5.22. The molecule has 1 aromatic carbocycles. The van der Waals surface area contributed by atoms with Gasteiger partial charge in [0.15, 0.2) is 0 Å². The van der Waals surface area contributed by atoms with Crippen LogP contribution < -0.4 is 10.1 Å². The summed E-state index contributed by atoms with van der Waals surface area (Å²) < 4.78 is 5.36. The summed E-state index contributed by atoms with van der Waals surface area (Å²) in [7, 11) is 1.73. The first-order valence-corrected chi connectivity index (χ1v) is 6.26. The molecule has 2 nitrogen and oxygen atoms in total. The van der Waals surface area contributed by atoms with Crippen molar-refractivity contribution < 1.29 is 4.74 Å². The molecule has 0 aliphatic rings. The summed E-state index contributed by atoms with van der Waals surface area (Å²) in [5.74, 6) is 0.971. The fraction of sp³-hybridized carbons (Fsp3) is 0.600. The molecule has 17 heavy (non-hydrogen) atoms. The fourth-order valence-electron chi connectivity index (χ4n) is 1.73. The lowest BCUT2D eigenvalue weighted by Gasteiger charge is -2.18. The molecule has 0 spiro atoms. The molecule has 1 N–H and O–H groups in total. The maximum Gasteiger partial charge on any atom is 0.123 e. The van der Waals surface area contributed by atoms with Crippen LogP contribution in [0.2, 0.25) is 0 Å². The summed E-state index contributed by atoms with van der Waals surface area (Å²) >= 11 is 0. The molecule has 0 saturated carbocycles. The minimum Gasteiger partial charge on any atom is -0.496 e. The monoisotopic (exact) mass is 235 g/mol. The van der Waals surface area contributed by atoms with Crippen molar-refractivity contribution in [3.8, 4) is 5.75 Å². The Bertz CT molecular complexity index is 352. The molecule has 1 aromatic rings. The number of ether oxygens (including phenoxy) is 1. The molecule has 0 aliphatic carbocycles. The molecule has 0 atom stereocenters. The van der Waals surface area contributed by atoms with E-state index in [2.05, 4.69) is 45.1 Å². The third-order valence-electron chi connectivity index (χ3n) is 2.80. The van der Waals surface area contributed by atoms with Crippen LogP contribution in [0.3, 0.4) is 0 Å². The zero-order valence-corrected chi connectivity index (χ0v) is 11.8. The molecule has 0 aromatic heterocycles. The lowest BCUT2D eigenvalue weighted by atomic mass is 9.92. The quantitative estimate of drug-likeness (QED) is 0.788. The topological polar surface area (TPSA) is 21.3 Å². The van der Waals surface area contributed by atoms with E-state index in [-0.39, 0.29) is 0 Å². The van der Waals surface area contributed by atoms with Crippen molar-refractivity contribution in [2.75, 3.05) is 13.7 Å². The van der Waals surface area contributed by atoms with Crippen molar-refractivity contribution in [3.05, 3.63) is 29.3 Å². The summed E-state index contributed by atoms with van der Waals surface area (Å²) in [5.41, 5.74) is 2.91. The van der Waals surface area contributed by atoms with E-state index in [0.29, 0.717) is 5.41 Å². The third-order valence-corrected chi connectivity index (χ3v) is 2.80. The molecule has 1 rings (SSSR count). The van der Waals surface area contributed by atoms with Crippen LogP contribution in [0.15, 0.2) is 18.2 Å². The Morgan fingerprint density at radius 1 is 1.24 bits per heavy atom. The number of methoxy groups -OCH3 is 1. The first-order valence-electron chi connectivity index (χ1n) is 6.26. The Morgan fingerprint density at radius 2 is 1.94 bits per heavy atom. The van der Waals surface area contributed by atoms with Crippen molar-refractivity contribution in [1.82, 2.24) is 5.32 Å². The molecule has 0 aliphatic heterocycles. The number of benzene rings is 1. The number of nitrogens with one attached hydrogen (secondary N) is 1. The second-order valence-corrected chi connectivity index (χ2v) is 5.80. The fourth-order valence-corrected chi connectivity index (χ4v) is 1.73. The largest absolute Gasteiger partial charge is 0.496 e. The molecule has 0 amide bonds. The maximum atomic E-state index is 5.36. The van der Waals surface area contributed by atoms with Gasteiger partial charge in [-0.05, 0) is 31.4 Å². The van der Waals surface area contributed by atoms with Gasteiger partial charge in [-0.15, -0.1) is 0 Å². The van der Waals surface area contributed by atoms with Crippen LogP contribution in [-0.4, -0.2) is 13.7 Å². The molecule has 2 heteroatoms. The van der Waals surface area contributed by atoms with Crippen LogP contribution in [0.25, 0.3) is 0 Å². The van der Waals surface area contributed by atoms with E-state index in [9.17, 15) is 0 Å². The maximum absolute atomic E-state index is 5.36. The van der Waals surface area contributed by atoms with E-state index in [1.54, 1.807) is 7.11 Å². The highest BCUT2D eigenvalue weighted by atomic mass is 16.5. The molecule has 0 saturated heterocycles. The van der Waals surface area contributed by atoms with Gasteiger partial charge in [0.2, 0.25) is 0 Å². The summed E-state index contributed by atoms with van der Waals surface area (Å²) in [5, 5.41) is 3.48. The second kappa shape index (κ2) is 6.06. The van der Waals surface area contributed by atoms with E-state index in [4.69, 9.17) is 4.74 Å². The van der Waals surface area contributed by atoms with Crippen molar-refractivity contribution in [2.24, 2.45) is 5.41 Å². The highest BCUT2D eigenvalue weighted by Gasteiger charge is 2.09. The summed E-state index contributed by atoms with van der Waals surface area (Å²) in [6, 6.07) is 6.30. The summed E-state index contributed by atoms with van der Waals surface area (Å²) in [6.07, 6.45) is 1.18. The van der Waals surface area contributed by atoms with Crippen LogP contribution in [0.4, 0.5) is 0 Å². The summed E-state index contributed by atoms with van der Waals surface area (Å²) in [6.45, 7) is 10.8. The van der Waals surface area contributed by atoms with E-state index < -0.39 is 0 Å². The van der Waals surface area contributed by atoms with Crippen molar-refractivity contribution in [3.63, 3.8) is 0 Å². The van der Waals surface area contributed by atoms with E-state index in [1.165, 1.54) is 17.5 Å². The lowest BCUT2D eigenvalue weighted by Crippen LogP contribution is -2.20. The molecule has 0 unspecified atom stereocenters. The van der Waals surface area contributed by atoms with Crippen LogP contribution >= 0.6 is 0 Å². The van der Waals surface area contributed by atoms with E-state index in [1.807, 2.05) is 6.07 Å². The van der Waals surface area contributed by atoms with Gasteiger partial charge in [0.1, 0.15) is 5.75 Å². The average Bonchev–Trinajstić information content (AvgIpc) is 2.23. The zero-order valence-electron chi connectivity index (χ0n) is 11.8. The number of aryl methyl sites for hydroxylation is 1. The Morgan fingerprint density at radius 3 is 2.53 bits per heavy atom. The highest BCUT2D eigenvalue weighted by Crippen LogP contribution is 2.20. The van der Waals surface area contributed by atoms with E-state index >= 15 is 0 Å². The minimum atomic E-state index is 0.393. The average molecular weight is 235 g/mol. The molecular weight excluding hydrogens is 210 g/mol. The van der Waals surface area contributed by atoms with Crippen molar-refractivity contribution >= 4 is 0 Å². The smallest absolute Gasteiger partial charge is 0.123 e. The SMILES string of the molecule is COc1ccc(C)cc1CNCCC(C)(C)C. The molecule has 0 radical (unpaired) electrons.